The van der Waals surface area contributed by atoms with E-state index >= 15 is 0 Å². The van der Waals surface area contributed by atoms with Gasteiger partial charge in [0.05, 0.1) is 6.54 Å². The zero-order valence-electron chi connectivity index (χ0n) is 14.1. The van der Waals surface area contributed by atoms with Gasteiger partial charge in [0.15, 0.2) is 11.7 Å². The number of guanidine groups is 1. The molecule has 1 aromatic heterocycles. The SMILES string of the molecule is CN=C(NCc1nc(C(F)(F)F)cs1)NC1CN(C2CC2)CC1C.I. The van der Waals surface area contributed by atoms with Crippen LogP contribution >= 0.6 is 35.3 Å². The summed E-state index contributed by atoms with van der Waals surface area (Å²) in [5.74, 6) is 1.12. The minimum absolute atomic E-state index is 0. The van der Waals surface area contributed by atoms with Crippen LogP contribution in [0.3, 0.4) is 0 Å². The van der Waals surface area contributed by atoms with E-state index in [-0.39, 0.29) is 30.5 Å². The average Bonchev–Trinajstić information content (AvgIpc) is 3.14. The van der Waals surface area contributed by atoms with Crippen LogP contribution in [0, 0.1) is 5.92 Å². The Morgan fingerprint density at radius 1 is 1.40 bits per heavy atom. The highest BCUT2D eigenvalue weighted by Crippen LogP contribution is 2.32. The third-order valence-electron chi connectivity index (χ3n) is 4.50. The van der Waals surface area contributed by atoms with Crippen LogP contribution in [0.1, 0.15) is 30.5 Å². The van der Waals surface area contributed by atoms with E-state index in [1.54, 1.807) is 7.05 Å². The first-order valence-electron chi connectivity index (χ1n) is 8.09. The molecule has 0 bridgehead atoms. The van der Waals surface area contributed by atoms with E-state index in [4.69, 9.17) is 0 Å². The number of thiazole rings is 1. The number of likely N-dealkylation sites (tertiary alicyclic amines) is 1. The standard InChI is InChI=1S/C15H22F3N5S.HI/c1-9-6-23(10-3-4-10)7-11(9)21-14(19-2)20-5-13-22-12(8-24-13)15(16,17)18;/h8-11H,3-7H2,1-2H3,(H2,19,20,21);1H. The van der Waals surface area contributed by atoms with Crippen LogP contribution in [-0.4, -0.2) is 48.1 Å². The molecule has 3 rings (SSSR count). The molecule has 1 saturated heterocycles. The molecule has 5 nitrogen and oxygen atoms in total. The van der Waals surface area contributed by atoms with Gasteiger partial charge < -0.3 is 10.6 Å². The first-order valence-corrected chi connectivity index (χ1v) is 8.97. The van der Waals surface area contributed by atoms with Gasteiger partial charge in [-0.25, -0.2) is 4.98 Å². The van der Waals surface area contributed by atoms with E-state index in [1.807, 2.05) is 0 Å². The molecule has 1 saturated carbocycles. The zero-order chi connectivity index (χ0) is 17.3. The molecule has 2 aliphatic rings. The Hall–Kier alpha value is -0.620. The van der Waals surface area contributed by atoms with Crippen molar-refractivity contribution in [2.45, 2.75) is 44.6 Å². The minimum atomic E-state index is -4.39. The third kappa shape index (κ3) is 5.43. The number of halogens is 4. The molecule has 1 aromatic rings. The Morgan fingerprint density at radius 3 is 2.68 bits per heavy atom. The van der Waals surface area contributed by atoms with Crippen molar-refractivity contribution < 1.29 is 13.2 Å². The summed E-state index contributed by atoms with van der Waals surface area (Å²) in [4.78, 5) is 10.3. The quantitative estimate of drug-likeness (QED) is 0.388. The van der Waals surface area contributed by atoms with E-state index in [2.05, 4.69) is 32.4 Å². The molecule has 1 aliphatic heterocycles. The fourth-order valence-electron chi connectivity index (χ4n) is 2.98. The summed E-state index contributed by atoms with van der Waals surface area (Å²) in [5, 5.41) is 7.88. The van der Waals surface area contributed by atoms with Crippen LogP contribution < -0.4 is 10.6 Å². The summed E-state index contributed by atoms with van der Waals surface area (Å²) in [6.45, 7) is 4.51. The van der Waals surface area contributed by atoms with Crippen molar-refractivity contribution >= 4 is 41.3 Å². The fourth-order valence-corrected chi connectivity index (χ4v) is 3.72. The van der Waals surface area contributed by atoms with Gasteiger partial charge in [-0.3, -0.25) is 9.89 Å². The molecule has 2 heterocycles. The predicted molar refractivity (Wildman–Crippen MR) is 103 cm³/mol. The van der Waals surface area contributed by atoms with E-state index in [1.165, 1.54) is 12.8 Å². The van der Waals surface area contributed by atoms with Gasteiger partial charge in [0.2, 0.25) is 0 Å². The number of alkyl halides is 3. The highest BCUT2D eigenvalue weighted by Gasteiger charge is 2.38. The third-order valence-corrected chi connectivity index (χ3v) is 5.35. The lowest BCUT2D eigenvalue weighted by Gasteiger charge is -2.20. The van der Waals surface area contributed by atoms with Crippen LogP contribution in [0.4, 0.5) is 13.2 Å². The molecule has 0 amide bonds. The molecule has 0 radical (unpaired) electrons. The van der Waals surface area contributed by atoms with Crippen molar-refractivity contribution in [3.63, 3.8) is 0 Å². The first kappa shape index (κ1) is 20.7. The van der Waals surface area contributed by atoms with Gasteiger partial charge in [-0.05, 0) is 18.8 Å². The molecule has 2 atom stereocenters. The van der Waals surface area contributed by atoms with Crippen molar-refractivity contribution in [1.82, 2.24) is 20.5 Å². The Balaban J connectivity index is 0.00000225. The zero-order valence-corrected chi connectivity index (χ0v) is 17.3. The lowest BCUT2D eigenvalue weighted by atomic mass is 10.1. The van der Waals surface area contributed by atoms with Gasteiger partial charge in [-0.1, -0.05) is 6.92 Å². The number of aliphatic imine (C=N–C) groups is 1. The van der Waals surface area contributed by atoms with Gasteiger partial charge >= 0.3 is 6.18 Å². The van der Waals surface area contributed by atoms with E-state index in [0.717, 1.165) is 35.8 Å². The minimum Gasteiger partial charge on any atom is -0.352 e. The number of nitrogens with one attached hydrogen (secondary N) is 2. The summed E-state index contributed by atoms with van der Waals surface area (Å²) in [6.07, 6.45) is -1.81. The highest BCUT2D eigenvalue weighted by molar-refractivity contribution is 14.0. The second-order valence-corrected chi connectivity index (χ2v) is 7.41. The van der Waals surface area contributed by atoms with Gasteiger partial charge in [-0.15, -0.1) is 35.3 Å². The predicted octanol–water partition coefficient (Wildman–Crippen LogP) is 2.93. The summed E-state index contributed by atoms with van der Waals surface area (Å²) in [6, 6.07) is 1.05. The van der Waals surface area contributed by atoms with Crippen molar-refractivity contribution in [1.29, 1.82) is 0 Å². The van der Waals surface area contributed by atoms with Crippen molar-refractivity contribution in [2.75, 3.05) is 20.1 Å². The normalized spacial score (nSPS) is 24.9. The average molecular weight is 489 g/mol. The van der Waals surface area contributed by atoms with Crippen LogP contribution in [0.25, 0.3) is 0 Å². The number of hydrogen-bond donors (Lipinski definition) is 2. The lowest BCUT2D eigenvalue weighted by Crippen LogP contribution is -2.46. The Kier molecular flexibility index (Phi) is 6.94. The maximum Gasteiger partial charge on any atom is 0.434 e. The van der Waals surface area contributed by atoms with Crippen LogP contribution in [0.2, 0.25) is 0 Å². The lowest BCUT2D eigenvalue weighted by molar-refractivity contribution is -0.140. The Labute approximate surface area is 166 Å². The van der Waals surface area contributed by atoms with Crippen LogP contribution in [0.15, 0.2) is 10.4 Å². The molecule has 2 unspecified atom stereocenters. The van der Waals surface area contributed by atoms with Crippen molar-refractivity contribution in [3.8, 4) is 0 Å². The molecule has 0 aromatic carbocycles. The smallest absolute Gasteiger partial charge is 0.352 e. The molecule has 10 heteroatoms. The Bertz CT molecular complexity index is 602. The highest BCUT2D eigenvalue weighted by atomic mass is 127. The molecule has 25 heavy (non-hydrogen) atoms. The fraction of sp³-hybridized carbons (Fsp3) is 0.733. The number of aromatic nitrogens is 1. The molecule has 2 N–H and O–H groups in total. The second-order valence-electron chi connectivity index (χ2n) is 6.46. The van der Waals surface area contributed by atoms with E-state index < -0.39 is 11.9 Å². The molecule has 1 aliphatic carbocycles. The number of rotatable bonds is 4. The van der Waals surface area contributed by atoms with Gasteiger partial charge in [-0.2, -0.15) is 13.2 Å². The topological polar surface area (TPSA) is 52.6 Å². The maximum absolute atomic E-state index is 12.6. The van der Waals surface area contributed by atoms with Crippen LogP contribution in [-0.2, 0) is 12.7 Å². The molecule has 142 valence electrons. The second kappa shape index (κ2) is 8.38. The molecule has 0 spiro atoms. The van der Waals surface area contributed by atoms with Crippen molar-refractivity contribution in [2.24, 2.45) is 10.9 Å². The Morgan fingerprint density at radius 2 is 2.12 bits per heavy atom. The number of hydrogen-bond acceptors (Lipinski definition) is 4. The number of nitrogens with zero attached hydrogens (tertiary/aromatic N) is 3. The largest absolute Gasteiger partial charge is 0.434 e. The monoisotopic (exact) mass is 489 g/mol. The van der Waals surface area contributed by atoms with Gasteiger partial charge in [0.1, 0.15) is 5.01 Å². The van der Waals surface area contributed by atoms with Crippen molar-refractivity contribution in [3.05, 3.63) is 16.1 Å². The maximum atomic E-state index is 12.6. The van der Waals surface area contributed by atoms with Gasteiger partial charge in [0.25, 0.3) is 0 Å². The molecule has 2 fully saturated rings. The van der Waals surface area contributed by atoms with Crippen LogP contribution in [0.5, 0.6) is 0 Å². The molecular weight excluding hydrogens is 466 g/mol. The molecular formula is C15H23F3IN5S. The van der Waals surface area contributed by atoms with E-state index in [9.17, 15) is 13.2 Å². The summed E-state index contributed by atoms with van der Waals surface area (Å²) >= 11 is 1.00. The first-order chi connectivity index (χ1) is 11.4. The summed E-state index contributed by atoms with van der Waals surface area (Å²) < 4.78 is 37.7. The summed E-state index contributed by atoms with van der Waals surface area (Å²) in [5.41, 5.74) is -0.836. The summed E-state index contributed by atoms with van der Waals surface area (Å²) in [7, 11) is 1.66. The van der Waals surface area contributed by atoms with Gasteiger partial charge in [0, 0.05) is 37.6 Å². The van der Waals surface area contributed by atoms with E-state index in [0.29, 0.717) is 22.9 Å².